The van der Waals surface area contributed by atoms with Crippen LogP contribution in [0.4, 0.5) is 17.1 Å². The molecule has 2 aromatic carbocycles. The van der Waals surface area contributed by atoms with Gasteiger partial charge in [-0.25, -0.2) is 0 Å². The van der Waals surface area contributed by atoms with Crippen LogP contribution in [0.3, 0.4) is 0 Å². The van der Waals surface area contributed by atoms with Crippen molar-refractivity contribution in [2.75, 3.05) is 40.9 Å². The molecule has 148 valence electrons. The van der Waals surface area contributed by atoms with Crippen LogP contribution in [0.2, 0.25) is 0 Å². The summed E-state index contributed by atoms with van der Waals surface area (Å²) in [4.78, 5) is 31.2. The molecular formula is C23H29N3O2. The Labute approximate surface area is 167 Å². The highest BCUT2D eigenvalue weighted by Crippen LogP contribution is 2.33. The highest BCUT2D eigenvalue weighted by atomic mass is 16.2. The predicted octanol–water partition coefficient (Wildman–Crippen LogP) is 4.33. The molecule has 0 saturated heterocycles. The van der Waals surface area contributed by atoms with Crippen molar-refractivity contribution in [2.45, 2.75) is 33.6 Å². The van der Waals surface area contributed by atoms with Crippen LogP contribution in [-0.2, 0) is 4.79 Å². The maximum atomic E-state index is 13.3. The third-order valence-electron chi connectivity index (χ3n) is 5.21. The van der Waals surface area contributed by atoms with Crippen molar-refractivity contribution < 1.29 is 9.59 Å². The number of carbonyl (C=O) groups excluding carboxylic acids is 2. The molecule has 5 nitrogen and oxygen atoms in total. The molecule has 0 atom stereocenters. The van der Waals surface area contributed by atoms with Crippen LogP contribution >= 0.6 is 0 Å². The molecule has 3 rings (SSSR count). The summed E-state index contributed by atoms with van der Waals surface area (Å²) in [5.74, 6) is -0.0235. The number of hydrogen-bond acceptors (Lipinski definition) is 3. The van der Waals surface area contributed by atoms with Gasteiger partial charge in [-0.3, -0.25) is 9.59 Å². The lowest BCUT2D eigenvalue weighted by Gasteiger charge is -2.25. The summed E-state index contributed by atoms with van der Waals surface area (Å²) in [6.07, 6.45) is 1.84. The van der Waals surface area contributed by atoms with Gasteiger partial charge in [-0.1, -0.05) is 19.1 Å². The quantitative estimate of drug-likeness (QED) is 0.777. The normalized spacial score (nSPS) is 13.7. The zero-order valence-electron chi connectivity index (χ0n) is 17.0. The molecule has 0 saturated carbocycles. The van der Waals surface area contributed by atoms with E-state index in [4.69, 9.17) is 0 Å². The van der Waals surface area contributed by atoms with E-state index in [-0.39, 0.29) is 11.8 Å². The van der Waals surface area contributed by atoms with E-state index in [9.17, 15) is 9.59 Å². The third-order valence-corrected chi connectivity index (χ3v) is 5.21. The third kappa shape index (κ3) is 4.03. The molecule has 28 heavy (non-hydrogen) atoms. The lowest BCUT2D eigenvalue weighted by Crippen LogP contribution is -2.31. The number of rotatable bonds is 5. The molecule has 2 amide bonds. The fourth-order valence-corrected chi connectivity index (χ4v) is 3.80. The summed E-state index contributed by atoms with van der Waals surface area (Å²) in [6, 6.07) is 15.5. The highest BCUT2D eigenvalue weighted by molar-refractivity contribution is 6.09. The second-order valence-electron chi connectivity index (χ2n) is 7.10. The first kappa shape index (κ1) is 19.9. The minimum Gasteiger partial charge on any atom is -0.372 e. The second-order valence-corrected chi connectivity index (χ2v) is 7.10. The minimum absolute atomic E-state index is 0.00156. The van der Waals surface area contributed by atoms with Gasteiger partial charge in [-0.2, -0.15) is 0 Å². The van der Waals surface area contributed by atoms with Crippen molar-refractivity contribution in [2.24, 2.45) is 0 Å². The largest absolute Gasteiger partial charge is 0.372 e. The second kappa shape index (κ2) is 8.91. The fraction of sp³-hybridized carbons (Fsp3) is 0.391. The van der Waals surface area contributed by atoms with E-state index in [2.05, 4.69) is 18.7 Å². The Bertz CT molecular complexity index is 832. The lowest BCUT2D eigenvalue weighted by atomic mass is 10.1. The van der Waals surface area contributed by atoms with Crippen molar-refractivity contribution in [3.8, 4) is 0 Å². The van der Waals surface area contributed by atoms with E-state index in [1.165, 1.54) is 0 Å². The van der Waals surface area contributed by atoms with Crippen molar-refractivity contribution in [1.29, 1.82) is 0 Å². The first-order valence-corrected chi connectivity index (χ1v) is 10.1. The minimum atomic E-state index is -0.0251. The molecule has 0 aliphatic carbocycles. The summed E-state index contributed by atoms with van der Waals surface area (Å²) in [5, 5.41) is 0. The molecule has 1 aliphatic heterocycles. The van der Waals surface area contributed by atoms with E-state index < -0.39 is 0 Å². The fourth-order valence-electron chi connectivity index (χ4n) is 3.80. The molecule has 0 N–H and O–H groups in total. The maximum Gasteiger partial charge on any atom is 0.258 e. The number of para-hydroxylation sites is 2. The van der Waals surface area contributed by atoms with Gasteiger partial charge in [0.05, 0.1) is 11.4 Å². The Morgan fingerprint density at radius 1 is 0.929 bits per heavy atom. The van der Waals surface area contributed by atoms with E-state index in [0.717, 1.165) is 43.0 Å². The summed E-state index contributed by atoms with van der Waals surface area (Å²) < 4.78 is 0. The lowest BCUT2D eigenvalue weighted by molar-refractivity contribution is -0.116. The zero-order chi connectivity index (χ0) is 20.1. The number of hydrogen-bond donors (Lipinski definition) is 0. The number of amides is 2. The van der Waals surface area contributed by atoms with E-state index in [1.54, 1.807) is 16.7 Å². The number of benzene rings is 2. The molecule has 0 bridgehead atoms. The summed E-state index contributed by atoms with van der Waals surface area (Å²) >= 11 is 0. The summed E-state index contributed by atoms with van der Waals surface area (Å²) in [5.41, 5.74) is 3.41. The Morgan fingerprint density at radius 3 is 2.11 bits per heavy atom. The topological polar surface area (TPSA) is 43.9 Å². The molecule has 0 aromatic heterocycles. The Morgan fingerprint density at radius 2 is 1.54 bits per heavy atom. The van der Waals surface area contributed by atoms with Crippen LogP contribution in [0.15, 0.2) is 48.5 Å². The Hall–Kier alpha value is -2.82. The van der Waals surface area contributed by atoms with Crippen molar-refractivity contribution >= 4 is 28.9 Å². The molecule has 0 fully saturated rings. The number of carbonyl (C=O) groups is 2. The van der Waals surface area contributed by atoms with Crippen molar-refractivity contribution in [3.63, 3.8) is 0 Å². The first-order chi connectivity index (χ1) is 13.6. The monoisotopic (exact) mass is 379 g/mol. The van der Waals surface area contributed by atoms with Gasteiger partial charge in [0.25, 0.3) is 5.91 Å². The Balaban J connectivity index is 1.89. The van der Waals surface area contributed by atoms with Crippen molar-refractivity contribution in [3.05, 3.63) is 54.1 Å². The average molecular weight is 380 g/mol. The standard InChI is InChI=1S/C23H29N3O2/c1-4-15-24(5-2)20-13-11-19(12-14-20)23(28)26-17-8-16-25(18(3)27)21-9-6-7-10-22(21)26/h6-7,9-14H,4-5,8,15-17H2,1-3H3. The van der Waals surface area contributed by atoms with Gasteiger partial charge in [0.1, 0.15) is 0 Å². The molecule has 1 aliphatic rings. The van der Waals surface area contributed by atoms with Crippen LogP contribution in [0.25, 0.3) is 0 Å². The zero-order valence-corrected chi connectivity index (χ0v) is 17.0. The molecule has 2 aromatic rings. The molecule has 0 unspecified atom stereocenters. The van der Waals surface area contributed by atoms with Crippen molar-refractivity contribution in [1.82, 2.24) is 0 Å². The van der Waals surface area contributed by atoms with Crippen LogP contribution in [-0.4, -0.2) is 38.0 Å². The Kier molecular flexibility index (Phi) is 6.34. The smallest absolute Gasteiger partial charge is 0.258 e. The van der Waals surface area contributed by atoms with E-state index >= 15 is 0 Å². The molecule has 5 heteroatoms. The van der Waals surface area contributed by atoms with E-state index in [0.29, 0.717) is 18.7 Å². The maximum absolute atomic E-state index is 13.3. The van der Waals surface area contributed by atoms with Crippen LogP contribution in [0.5, 0.6) is 0 Å². The van der Waals surface area contributed by atoms with Gasteiger partial charge in [0.15, 0.2) is 0 Å². The van der Waals surface area contributed by atoms with Crippen LogP contribution in [0, 0.1) is 0 Å². The van der Waals surface area contributed by atoms with Gasteiger partial charge < -0.3 is 14.7 Å². The average Bonchev–Trinajstić information content (AvgIpc) is 2.91. The number of fused-ring (bicyclic) bond motifs is 1. The van der Waals surface area contributed by atoms with Gasteiger partial charge in [-0.05, 0) is 56.2 Å². The van der Waals surface area contributed by atoms with Gasteiger partial charge in [-0.15, -0.1) is 0 Å². The summed E-state index contributed by atoms with van der Waals surface area (Å²) in [7, 11) is 0. The summed E-state index contributed by atoms with van der Waals surface area (Å²) in [6.45, 7) is 9.05. The number of nitrogens with zero attached hydrogens (tertiary/aromatic N) is 3. The molecule has 0 spiro atoms. The van der Waals surface area contributed by atoms with Crippen LogP contribution < -0.4 is 14.7 Å². The highest BCUT2D eigenvalue weighted by Gasteiger charge is 2.26. The molecular weight excluding hydrogens is 350 g/mol. The van der Waals surface area contributed by atoms with Gasteiger partial charge in [0.2, 0.25) is 5.91 Å². The first-order valence-electron chi connectivity index (χ1n) is 10.1. The van der Waals surface area contributed by atoms with E-state index in [1.807, 2.05) is 48.5 Å². The SMILES string of the molecule is CCCN(CC)c1ccc(C(=O)N2CCCN(C(C)=O)c3ccccc32)cc1. The molecule has 0 radical (unpaired) electrons. The predicted molar refractivity (Wildman–Crippen MR) is 115 cm³/mol. The van der Waals surface area contributed by atoms with Gasteiger partial charge in [0, 0.05) is 44.4 Å². The number of anilines is 3. The molecule has 1 heterocycles. The van der Waals surface area contributed by atoms with Crippen LogP contribution in [0.1, 0.15) is 44.0 Å². The van der Waals surface area contributed by atoms with Gasteiger partial charge >= 0.3 is 0 Å².